The Morgan fingerprint density at radius 3 is 2.42 bits per heavy atom. The minimum absolute atomic E-state index is 0.0623. The normalized spacial score (nSPS) is 28.8. The van der Waals surface area contributed by atoms with Crippen molar-refractivity contribution in [3.05, 3.63) is 70.6 Å². The number of amides is 3. The Morgan fingerprint density at radius 2 is 1.74 bits per heavy atom. The summed E-state index contributed by atoms with van der Waals surface area (Å²) in [5.74, 6) is -5.92. The molecule has 2 saturated carbocycles. The van der Waals surface area contributed by atoms with Crippen molar-refractivity contribution in [3.8, 4) is 0 Å². The first-order valence-corrected chi connectivity index (χ1v) is 20.9. The van der Waals surface area contributed by atoms with E-state index >= 15 is 0 Å². The van der Waals surface area contributed by atoms with Gasteiger partial charge in [0, 0.05) is 53.7 Å². The van der Waals surface area contributed by atoms with E-state index in [4.69, 9.17) is 0 Å². The molecule has 5 fully saturated rings. The number of carbonyl (C=O) groups is 3. The second-order valence-electron chi connectivity index (χ2n) is 15.9. The molecule has 4 heterocycles. The molecule has 1 aromatic heterocycles. The van der Waals surface area contributed by atoms with Crippen LogP contribution in [0.2, 0.25) is 0 Å². The fraction of sp³-hybridized carbons (Fsp3) is 0.553. The van der Waals surface area contributed by atoms with Gasteiger partial charge in [0.25, 0.3) is 11.8 Å². The van der Waals surface area contributed by atoms with Crippen molar-refractivity contribution < 1.29 is 41.9 Å². The lowest BCUT2D eigenvalue weighted by atomic mass is 9.84. The van der Waals surface area contributed by atoms with Crippen molar-refractivity contribution in [2.24, 2.45) is 0 Å². The van der Waals surface area contributed by atoms with Crippen molar-refractivity contribution in [2.45, 2.75) is 118 Å². The van der Waals surface area contributed by atoms with Crippen LogP contribution in [0.1, 0.15) is 96.8 Å². The number of benzene rings is 2. The topological polar surface area (TPSA) is 130 Å². The molecule has 3 aliphatic heterocycles. The summed E-state index contributed by atoms with van der Waals surface area (Å²) in [6.07, 6.45) is 4.65. The van der Waals surface area contributed by atoms with Gasteiger partial charge in [-0.25, -0.2) is 13.2 Å². The summed E-state index contributed by atoms with van der Waals surface area (Å²) in [5, 5.41) is 3.35. The van der Waals surface area contributed by atoms with Gasteiger partial charge < -0.3 is 24.9 Å². The number of rotatable bonds is 8. The second-order valence-corrected chi connectivity index (χ2v) is 18.6. The van der Waals surface area contributed by atoms with E-state index in [9.17, 15) is 41.9 Å². The summed E-state index contributed by atoms with van der Waals surface area (Å²) in [5.41, 5.74) is 0.781. The Morgan fingerprint density at radius 1 is 1.00 bits per heavy atom. The van der Waals surface area contributed by atoms with Crippen LogP contribution in [-0.4, -0.2) is 97.5 Å². The first kappa shape index (κ1) is 36.7. The van der Waals surface area contributed by atoms with Crippen LogP contribution in [0.4, 0.5) is 13.2 Å². The highest BCUT2D eigenvalue weighted by Crippen LogP contribution is 2.55. The molecule has 8 rings (SSSR count). The number of hydrogen-bond acceptors (Lipinski definition) is 6. The lowest BCUT2D eigenvalue weighted by molar-refractivity contribution is -0.149. The van der Waals surface area contributed by atoms with E-state index in [1.54, 1.807) is 4.90 Å². The average molecular weight is 773 g/mol. The predicted octanol–water partition coefficient (Wildman–Crippen LogP) is 6.34. The number of hydrogen-bond donors (Lipinski definition) is 3. The van der Waals surface area contributed by atoms with Crippen LogP contribution in [-0.2, 0) is 14.2 Å². The first-order chi connectivity index (χ1) is 25.1. The molecule has 0 bridgehead atoms. The van der Waals surface area contributed by atoms with Crippen LogP contribution in [0, 0.1) is 0 Å². The highest BCUT2D eigenvalue weighted by molar-refractivity contribution is 7.51. The molecule has 15 heteroatoms. The lowest BCUT2D eigenvalue weighted by Crippen LogP contribution is -2.60. The van der Waals surface area contributed by atoms with Crippen LogP contribution in [0.3, 0.4) is 0 Å². The molecular weight excluding hydrogens is 728 g/mol. The Balaban J connectivity index is 1.05. The van der Waals surface area contributed by atoms with Crippen LogP contribution in [0.15, 0.2) is 54.6 Å². The smallest absolute Gasteiger partial charge is 0.340 e. The first-order valence-electron chi connectivity index (χ1n) is 18.4. The molecule has 3 aromatic rings. The van der Waals surface area contributed by atoms with Gasteiger partial charge in [-0.1, -0.05) is 36.4 Å². The molecule has 10 nitrogen and oxygen atoms in total. The van der Waals surface area contributed by atoms with E-state index in [1.807, 2.05) is 35.0 Å². The van der Waals surface area contributed by atoms with Gasteiger partial charge in [-0.15, -0.1) is 11.3 Å². The van der Waals surface area contributed by atoms with E-state index < -0.39 is 37.4 Å². The number of thiophene rings is 1. The number of nitrogens with zero attached hydrogens (tertiary/aromatic N) is 3. The van der Waals surface area contributed by atoms with Gasteiger partial charge in [-0.2, -0.15) is 0 Å². The van der Waals surface area contributed by atoms with Gasteiger partial charge in [0.2, 0.25) is 17.7 Å². The van der Waals surface area contributed by atoms with Crippen LogP contribution >= 0.6 is 18.9 Å². The molecule has 0 unspecified atom stereocenters. The minimum Gasteiger partial charge on any atom is -0.340 e. The van der Waals surface area contributed by atoms with Crippen molar-refractivity contribution in [2.75, 3.05) is 13.6 Å². The zero-order valence-corrected chi connectivity index (χ0v) is 31.1. The van der Waals surface area contributed by atoms with Crippen molar-refractivity contribution in [1.82, 2.24) is 20.0 Å². The van der Waals surface area contributed by atoms with Gasteiger partial charge in [0.15, 0.2) is 0 Å². The number of nitrogens with one attached hydrogen (secondary N) is 1. The monoisotopic (exact) mass is 772 g/mol. The SMILES string of the molecule is CN(C1CC(F)(F)C1)[C@H]1CC[C@H](NC(=O)c2cc3cc([C@H](F)P(=O)(O)O)ccc3s2)C(=O)N2[C@H](CC[C@H]2C(=O)N2C[C@H](c3ccccc3)CC23CC3)C1. The fourth-order valence-corrected chi connectivity index (χ4v) is 10.9. The quantitative estimate of drug-likeness (QED) is 0.228. The van der Waals surface area contributed by atoms with Gasteiger partial charge in [0.05, 0.1) is 4.88 Å². The standard InChI is InChI=1S/C38H44F3N4O6PS/c1-43(28-19-38(40,41)20-28)26-8-10-29(42-34(46)32-16-24-15-23(7-12-31(24)53-32)33(39)52(49,50)51)35(47)45-27(17-26)9-11-30(45)36(48)44-21-25(18-37(44)13-14-37)22-5-3-2-4-6-22/h2-7,12,15-16,25-30,33H,8-11,13-14,17-21H2,1H3,(H,42,46)(H2,49,50,51)/t25-,26+,27-,29+,30+,33-/m1/s1. The summed E-state index contributed by atoms with van der Waals surface area (Å²) in [6, 6.07) is 13.4. The number of carbonyl (C=O) groups excluding carboxylic acids is 3. The Labute approximate surface area is 309 Å². The van der Waals surface area contributed by atoms with Gasteiger partial charge in [-0.3, -0.25) is 23.8 Å². The lowest BCUT2D eigenvalue weighted by Gasteiger charge is -2.47. The third-order valence-corrected chi connectivity index (χ3v) is 14.5. The largest absolute Gasteiger partial charge is 0.363 e. The van der Waals surface area contributed by atoms with Crippen LogP contribution in [0.5, 0.6) is 0 Å². The Bertz CT molecular complexity index is 1960. The van der Waals surface area contributed by atoms with E-state index in [-0.39, 0.29) is 71.1 Å². The second kappa shape index (κ2) is 13.5. The summed E-state index contributed by atoms with van der Waals surface area (Å²) >= 11 is 1.11. The summed E-state index contributed by atoms with van der Waals surface area (Å²) in [4.78, 5) is 67.6. The van der Waals surface area contributed by atoms with Crippen molar-refractivity contribution in [3.63, 3.8) is 0 Å². The number of likely N-dealkylation sites (tertiary alicyclic amines) is 1. The highest BCUT2D eigenvalue weighted by atomic mass is 32.1. The number of fused-ring (bicyclic) bond motifs is 2. The predicted molar refractivity (Wildman–Crippen MR) is 193 cm³/mol. The molecule has 2 aliphatic carbocycles. The molecular formula is C38H44F3N4O6PS. The Hall–Kier alpha value is -3.29. The summed E-state index contributed by atoms with van der Waals surface area (Å²) in [6.45, 7) is 0.582. The third-order valence-electron chi connectivity index (χ3n) is 12.5. The molecule has 2 aromatic carbocycles. The maximum atomic E-state index is 14.6. The maximum Gasteiger partial charge on any atom is 0.363 e. The summed E-state index contributed by atoms with van der Waals surface area (Å²) in [7, 11) is -3.18. The van der Waals surface area contributed by atoms with E-state index in [0.717, 1.165) is 30.6 Å². The maximum absolute atomic E-state index is 14.6. The summed E-state index contributed by atoms with van der Waals surface area (Å²) < 4.78 is 54.5. The van der Waals surface area contributed by atoms with Crippen LogP contribution in [0.25, 0.3) is 10.1 Å². The zero-order chi connectivity index (χ0) is 37.4. The molecule has 3 amide bonds. The third kappa shape index (κ3) is 6.94. The fourth-order valence-electron chi connectivity index (χ4n) is 9.37. The Kier molecular flexibility index (Phi) is 9.32. The minimum atomic E-state index is -5.03. The van der Waals surface area contributed by atoms with Crippen molar-refractivity contribution in [1.29, 1.82) is 0 Å². The molecule has 6 atom stereocenters. The van der Waals surface area contributed by atoms with Gasteiger partial charge >= 0.3 is 7.60 Å². The average Bonchev–Trinajstić information content (AvgIpc) is 3.41. The highest BCUT2D eigenvalue weighted by Gasteiger charge is 2.59. The van der Waals surface area contributed by atoms with Crippen LogP contribution < -0.4 is 5.32 Å². The molecule has 284 valence electrons. The molecule has 5 aliphatic rings. The number of halogens is 3. The molecule has 1 spiro atoms. The van der Waals surface area contributed by atoms with E-state index in [1.165, 1.54) is 29.8 Å². The molecule has 3 N–H and O–H groups in total. The molecule has 53 heavy (non-hydrogen) atoms. The van der Waals surface area contributed by atoms with Gasteiger partial charge in [0.1, 0.15) is 12.1 Å². The van der Waals surface area contributed by atoms with Gasteiger partial charge in [-0.05, 0) is 93.1 Å². The molecule has 3 saturated heterocycles. The van der Waals surface area contributed by atoms with E-state index in [2.05, 4.69) is 17.4 Å². The molecule has 0 radical (unpaired) electrons. The van der Waals surface area contributed by atoms with E-state index in [0.29, 0.717) is 42.3 Å². The zero-order valence-electron chi connectivity index (χ0n) is 29.4. The number of alkyl halides is 3. The van der Waals surface area contributed by atoms with Crippen molar-refractivity contribution >= 4 is 46.7 Å².